The predicted octanol–water partition coefficient (Wildman–Crippen LogP) is 3.97. The Morgan fingerprint density at radius 3 is 2.10 bits per heavy atom. The van der Waals surface area contributed by atoms with Gasteiger partial charge in [0.05, 0.1) is 12.0 Å². The summed E-state index contributed by atoms with van der Waals surface area (Å²) in [6.45, 7) is 5.91. The number of nitro benzene ring substituents is 1. The molecule has 31 heavy (non-hydrogen) atoms. The molecule has 0 bridgehead atoms. The van der Waals surface area contributed by atoms with Crippen molar-refractivity contribution in [3.8, 4) is 0 Å². The van der Waals surface area contributed by atoms with E-state index in [1.165, 1.54) is 0 Å². The average Bonchev–Trinajstić information content (AvgIpc) is 2.75. The maximum absolute atomic E-state index is 14.6. The van der Waals surface area contributed by atoms with Crippen molar-refractivity contribution in [2.24, 2.45) is 0 Å². The third kappa shape index (κ3) is 6.27. The lowest BCUT2D eigenvalue weighted by molar-refractivity contribution is -0.388. The van der Waals surface area contributed by atoms with Gasteiger partial charge in [0.1, 0.15) is 17.0 Å². The molecule has 8 nitrogen and oxygen atoms in total. The second-order valence-electron chi connectivity index (χ2n) is 6.75. The molecule has 0 atom stereocenters. The Hall–Kier alpha value is -2.95. The van der Waals surface area contributed by atoms with Crippen LogP contribution in [-0.4, -0.2) is 41.9 Å². The van der Waals surface area contributed by atoms with Crippen molar-refractivity contribution < 1.29 is 32.4 Å². The van der Waals surface area contributed by atoms with Crippen LogP contribution in [0.5, 0.6) is 0 Å². The molecule has 0 aromatic heterocycles. The molecule has 0 unspecified atom stereocenters. The number of ether oxygens (including phenoxy) is 1. The van der Waals surface area contributed by atoms with Crippen molar-refractivity contribution in [2.45, 2.75) is 46.5 Å². The van der Waals surface area contributed by atoms with E-state index in [4.69, 9.17) is 0 Å². The Labute approximate surface area is 178 Å². The monoisotopic (exact) mass is 445 g/mol. The van der Waals surface area contributed by atoms with Gasteiger partial charge in [0.15, 0.2) is 5.82 Å². The first kappa shape index (κ1) is 26.1. The normalized spacial score (nSPS) is 11.5. The number of nitro groups is 1. The van der Waals surface area contributed by atoms with Gasteiger partial charge in [-0.1, -0.05) is 26.7 Å². The molecule has 0 saturated heterocycles. The van der Waals surface area contributed by atoms with Crippen LogP contribution in [-0.2, 0) is 9.53 Å². The fraction of sp³-hybridized carbons (Fsp3) is 0.500. The van der Waals surface area contributed by atoms with E-state index in [0.717, 1.165) is 45.9 Å². The molecule has 0 spiro atoms. The maximum atomic E-state index is 14.6. The number of unbranched alkanes of at least 4 members (excludes halogenated alkanes) is 2. The number of halogens is 3. The summed E-state index contributed by atoms with van der Waals surface area (Å²) in [5.41, 5.74) is -2.00. The first-order valence-corrected chi connectivity index (χ1v) is 9.77. The molecule has 0 aliphatic carbocycles. The van der Waals surface area contributed by atoms with Crippen LogP contribution in [0.25, 0.3) is 0 Å². The summed E-state index contributed by atoms with van der Waals surface area (Å²) in [6, 6.07) is 0. The van der Waals surface area contributed by atoms with E-state index in [9.17, 15) is 32.9 Å². The van der Waals surface area contributed by atoms with E-state index >= 15 is 0 Å². The third-order valence-corrected chi connectivity index (χ3v) is 4.53. The molecule has 1 rings (SSSR count). The Morgan fingerprint density at radius 2 is 1.65 bits per heavy atom. The number of hydrazine groups is 1. The lowest BCUT2D eigenvalue weighted by Crippen LogP contribution is -2.37. The number of rotatable bonds is 12. The molecule has 0 saturated carbocycles. The van der Waals surface area contributed by atoms with Crippen molar-refractivity contribution in [3.63, 3.8) is 0 Å². The number of hydrogen-bond acceptors (Lipinski definition) is 7. The molecule has 1 N–H and O–H groups in total. The van der Waals surface area contributed by atoms with Crippen molar-refractivity contribution in [2.75, 3.05) is 20.2 Å². The lowest BCUT2D eigenvalue weighted by atomic mass is 9.98. The number of ketones is 1. The highest BCUT2D eigenvalue weighted by atomic mass is 19.2. The van der Waals surface area contributed by atoms with E-state index in [1.54, 1.807) is 5.01 Å². The van der Waals surface area contributed by atoms with Crippen LogP contribution in [0.4, 0.5) is 18.9 Å². The standard InChI is InChI=1S/C20H26F3N3O5/c1-5-7-9-25(10-8-6-2)24-11-13(20(28)31-4)19(27)14-15(21)12(3)16(22)17(23)18(14)26(29)30/h11,24H,5-10H2,1-4H3. The molecule has 1 aromatic rings. The van der Waals surface area contributed by atoms with Crippen LogP contribution in [0.2, 0.25) is 0 Å². The minimum Gasteiger partial charge on any atom is -0.465 e. The van der Waals surface area contributed by atoms with Gasteiger partial charge in [-0.25, -0.2) is 18.6 Å². The highest BCUT2D eigenvalue weighted by Gasteiger charge is 2.37. The van der Waals surface area contributed by atoms with Gasteiger partial charge in [-0.05, 0) is 19.8 Å². The first-order chi connectivity index (χ1) is 14.6. The largest absolute Gasteiger partial charge is 0.465 e. The Kier molecular flexibility index (Phi) is 10.1. The average molecular weight is 445 g/mol. The number of hydrogen-bond donors (Lipinski definition) is 1. The van der Waals surface area contributed by atoms with Crippen molar-refractivity contribution in [3.05, 3.63) is 50.5 Å². The van der Waals surface area contributed by atoms with E-state index in [-0.39, 0.29) is 0 Å². The van der Waals surface area contributed by atoms with Gasteiger partial charge in [0, 0.05) is 24.9 Å². The molecule has 0 aliphatic rings. The van der Waals surface area contributed by atoms with Crippen LogP contribution in [0, 0.1) is 34.5 Å². The molecule has 0 fully saturated rings. The highest BCUT2D eigenvalue weighted by Crippen LogP contribution is 2.32. The van der Waals surface area contributed by atoms with E-state index < -0.39 is 56.5 Å². The second kappa shape index (κ2) is 12.0. The third-order valence-electron chi connectivity index (χ3n) is 4.53. The molecule has 1 aromatic carbocycles. The SMILES string of the molecule is CCCCN(CCCC)NC=C(C(=O)OC)C(=O)c1c(F)c(C)c(F)c(F)c1[N+](=O)[O-]. The molecule has 0 radical (unpaired) electrons. The molecule has 172 valence electrons. The second-order valence-corrected chi connectivity index (χ2v) is 6.75. The van der Waals surface area contributed by atoms with Gasteiger partial charge in [0.25, 0.3) is 0 Å². The predicted molar refractivity (Wildman–Crippen MR) is 107 cm³/mol. The summed E-state index contributed by atoms with van der Waals surface area (Å²) in [4.78, 5) is 34.9. The van der Waals surface area contributed by atoms with Crippen LogP contribution in [0.15, 0.2) is 11.8 Å². The van der Waals surface area contributed by atoms with Gasteiger partial charge >= 0.3 is 11.7 Å². The molecule has 0 amide bonds. The first-order valence-electron chi connectivity index (χ1n) is 9.77. The van der Waals surface area contributed by atoms with Crippen LogP contribution < -0.4 is 5.43 Å². The van der Waals surface area contributed by atoms with E-state index in [1.807, 2.05) is 13.8 Å². The summed E-state index contributed by atoms with van der Waals surface area (Å²) in [7, 11) is 0.955. The molecule has 0 heterocycles. The van der Waals surface area contributed by atoms with E-state index in [0.29, 0.717) is 13.1 Å². The lowest BCUT2D eigenvalue weighted by Gasteiger charge is -2.22. The summed E-state index contributed by atoms with van der Waals surface area (Å²) >= 11 is 0. The summed E-state index contributed by atoms with van der Waals surface area (Å²) in [5, 5.41) is 13.0. The number of nitrogens with one attached hydrogen (secondary N) is 1. The highest BCUT2D eigenvalue weighted by molar-refractivity contribution is 6.25. The number of Topliss-reactive ketones (excluding diaryl/α,β-unsaturated/α-hetero) is 1. The topological polar surface area (TPSA) is 102 Å². The smallest absolute Gasteiger partial charge is 0.343 e. The maximum Gasteiger partial charge on any atom is 0.343 e. The van der Waals surface area contributed by atoms with Gasteiger partial charge in [-0.2, -0.15) is 4.39 Å². The fourth-order valence-electron chi connectivity index (χ4n) is 2.70. The number of nitrogens with zero attached hydrogens (tertiary/aromatic N) is 2. The van der Waals surface area contributed by atoms with Crippen molar-refractivity contribution in [1.29, 1.82) is 0 Å². The van der Waals surface area contributed by atoms with Gasteiger partial charge in [-0.15, -0.1) is 0 Å². The minimum absolute atomic E-state index is 0.564. The Balaban J connectivity index is 3.51. The summed E-state index contributed by atoms with van der Waals surface area (Å²) in [6.07, 6.45) is 4.28. The number of esters is 1. The van der Waals surface area contributed by atoms with Gasteiger partial charge in [-0.3, -0.25) is 14.9 Å². The van der Waals surface area contributed by atoms with Crippen LogP contribution >= 0.6 is 0 Å². The summed E-state index contributed by atoms with van der Waals surface area (Å²) < 4.78 is 47.1. The number of carbonyl (C=O) groups is 2. The zero-order valence-corrected chi connectivity index (χ0v) is 17.9. The zero-order valence-electron chi connectivity index (χ0n) is 17.9. The molecule has 11 heteroatoms. The molecular formula is C20H26F3N3O5. The Bertz CT molecular complexity index is 866. The van der Waals surface area contributed by atoms with Crippen molar-refractivity contribution in [1.82, 2.24) is 10.4 Å². The fourth-order valence-corrected chi connectivity index (χ4v) is 2.70. The number of benzene rings is 1. The quantitative estimate of drug-likeness (QED) is 0.0759. The minimum atomic E-state index is -1.99. The van der Waals surface area contributed by atoms with Gasteiger partial charge < -0.3 is 10.2 Å². The number of methoxy groups -OCH3 is 1. The number of carbonyl (C=O) groups excluding carboxylic acids is 2. The zero-order chi connectivity index (χ0) is 23.7. The Morgan fingerprint density at radius 1 is 1.10 bits per heavy atom. The van der Waals surface area contributed by atoms with Crippen LogP contribution in [0.3, 0.4) is 0 Å². The molecular weight excluding hydrogens is 419 g/mol. The van der Waals surface area contributed by atoms with Crippen LogP contribution in [0.1, 0.15) is 55.5 Å². The summed E-state index contributed by atoms with van der Waals surface area (Å²) in [5.74, 6) is -8.13. The van der Waals surface area contributed by atoms with E-state index in [2.05, 4.69) is 10.2 Å². The molecule has 0 aliphatic heterocycles. The van der Waals surface area contributed by atoms with Gasteiger partial charge in [0.2, 0.25) is 11.6 Å². The van der Waals surface area contributed by atoms with Crippen molar-refractivity contribution >= 4 is 17.4 Å².